The number of carbonyl (C=O) groups excluding carboxylic acids is 1. The number of nitrogens with one attached hydrogen (secondary N) is 1. The van der Waals surface area contributed by atoms with Gasteiger partial charge >= 0.3 is 0 Å². The van der Waals surface area contributed by atoms with Crippen molar-refractivity contribution < 1.29 is 9.53 Å². The molecule has 3 heteroatoms. The van der Waals surface area contributed by atoms with Gasteiger partial charge in [0.25, 0.3) is 5.91 Å². The minimum absolute atomic E-state index is 0.0470. The van der Waals surface area contributed by atoms with E-state index in [-0.39, 0.29) is 11.9 Å². The summed E-state index contributed by atoms with van der Waals surface area (Å²) in [6.45, 7) is 9.99. The van der Waals surface area contributed by atoms with Crippen LogP contribution in [0.15, 0.2) is 42.5 Å². The van der Waals surface area contributed by atoms with E-state index in [1.165, 1.54) is 11.1 Å². The van der Waals surface area contributed by atoms with Crippen LogP contribution in [0.2, 0.25) is 0 Å². The van der Waals surface area contributed by atoms with Gasteiger partial charge in [-0.05, 0) is 68.5 Å². The molecule has 2 unspecified atom stereocenters. The average Bonchev–Trinajstić information content (AvgIpc) is 2.58. The topological polar surface area (TPSA) is 38.3 Å². The highest BCUT2D eigenvalue weighted by atomic mass is 16.5. The molecule has 0 aliphatic heterocycles. The molecule has 128 valence electrons. The van der Waals surface area contributed by atoms with Crippen molar-refractivity contribution in [2.45, 2.75) is 53.2 Å². The van der Waals surface area contributed by atoms with Gasteiger partial charge in [0, 0.05) is 0 Å². The number of hydrogen-bond acceptors (Lipinski definition) is 2. The molecule has 2 aromatic carbocycles. The Morgan fingerprint density at radius 2 is 1.71 bits per heavy atom. The minimum atomic E-state index is -0.538. The fourth-order valence-electron chi connectivity index (χ4n) is 2.50. The molecule has 0 aliphatic rings. The molecule has 0 saturated carbocycles. The number of ether oxygens (including phenoxy) is 1. The SMILES string of the molecule is CCc1ccc(C(C)NC(=O)C(C)Oc2ccc(C)c(C)c2)cc1. The van der Waals surface area contributed by atoms with Crippen LogP contribution in [-0.4, -0.2) is 12.0 Å². The highest BCUT2D eigenvalue weighted by Gasteiger charge is 2.18. The van der Waals surface area contributed by atoms with Gasteiger partial charge in [0.05, 0.1) is 6.04 Å². The van der Waals surface area contributed by atoms with Gasteiger partial charge in [-0.25, -0.2) is 0 Å². The molecule has 3 nitrogen and oxygen atoms in total. The summed E-state index contributed by atoms with van der Waals surface area (Å²) in [4.78, 5) is 12.4. The van der Waals surface area contributed by atoms with Crippen molar-refractivity contribution in [3.63, 3.8) is 0 Å². The summed E-state index contributed by atoms with van der Waals surface area (Å²) >= 11 is 0. The monoisotopic (exact) mass is 325 g/mol. The quantitative estimate of drug-likeness (QED) is 0.848. The molecule has 0 spiro atoms. The Kier molecular flexibility index (Phi) is 6.02. The first-order valence-corrected chi connectivity index (χ1v) is 8.53. The first-order chi connectivity index (χ1) is 11.4. The van der Waals surface area contributed by atoms with Crippen LogP contribution >= 0.6 is 0 Å². The second-order valence-corrected chi connectivity index (χ2v) is 6.33. The van der Waals surface area contributed by atoms with Gasteiger partial charge in [0.2, 0.25) is 0 Å². The Morgan fingerprint density at radius 3 is 2.29 bits per heavy atom. The van der Waals surface area contributed by atoms with Crippen LogP contribution in [0.5, 0.6) is 5.75 Å². The van der Waals surface area contributed by atoms with Crippen molar-refractivity contribution >= 4 is 5.91 Å². The highest BCUT2D eigenvalue weighted by molar-refractivity contribution is 5.81. The third-order valence-electron chi connectivity index (χ3n) is 4.41. The smallest absolute Gasteiger partial charge is 0.261 e. The van der Waals surface area contributed by atoms with Crippen LogP contribution in [0.25, 0.3) is 0 Å². The molecule has 2 rings (SSSR count). The van der Waals surface area contributed by atoms with Gasteiger partial charge in [-0.3, -0.25) is 4.79 Å². The zero-order valence-electron chi connectivity index (χ0n) is 15.2. The van der Waals surface area contributed by atoms with Crippen LogP contribution in [0.3, 0.4) is 0 Å². The maximum absolute atomic E-state index is 12.4. The van der Waals surface area contributed by atoms with Crippen LogP contribution < -0.4 is 10.1 Å². The summed E-state index contributed by atoms with van der Waals surface area (Å²) in [5, 5.41) is 3.02. The van der Waals surface area contributed by atoms with E-state index < -0.39 is 6.10 Å². The number of rotatable bonds is 6. The van der Waals surface area contributed by atoms with Crippen molar-refractivity contribution in [2.75, 3.05) is 0 Å². The molecule has 2 atom stereocenters. The maximum atomic E-state index is 12.4. The lowest BCUT2D eigenvalue weighted by molar-refractivity contribution is -0.127. The van der Waals surface area contributed by atoms with E-state index in [1.54, 1.807) is 6.92 Å². The highest BCUT2D eigenvalue weighted by Crippen LogP contribution is 2.18. The third kappa shape index (κ3) is 4.60. The second-order valence-electron chi connectivity index (χ2n) is 6.33. The fourth-order valence-corrected chi connectivity index (χ4v) is 2.50. The summed E-state index contributed by atoms with van der Waals surface area (Å²) in [7, 11) is 0. The molecule has 0 heterocycles. The summed E-state index contributed by atoms with van der Waals surface area (Å²) in [5.74, 6) is 0.612. The van der Waals surface area contributed by atoms with E-state index in [9.17, 15) is 4.79 Å². The molecule has 0 aromatic heterocycles. The molecule has 2 aromatic rings. The van der Waals surface area contributed by atoms with Gasteiger partial charge in [-0.15, -0.1) is 0 Å². The van der Waals surface area contributed by atoms with E-state index in [0.717, 1.165) is 23.3 Å². The Labute approximate surface area is 145 Å². The lowest BCUT2D eigenvalue weighted by Crippen LogP contribution is -2.37. The molecule has 24 heavy (non-hydrogen) atoms. The normalized spacial score (nSPS) is 13.2. The minimum Gasteiger partial charge on any atom is -0.481 e. The third-order valence-corrected chi connectivity index (χ3v) is 4.41. The summed E-state index contributed by atoms with van der Waals surface area (Å²) in [6, 6.07) is 14.2. The zero-order valence-corrected chi connectivity index (χ0v) is 15.2. The molecule has 0 bridgehead atoms. The van der Waals surface area contributed by atoms with Gasteiger partial charge in [-0.1, -0.05) is 37.3 Å². The molecule has 0 saturated heterocycles. The van der Waals surface area contributed by atoms with Gasteiger partial charge < -0.3 is 10.1 Å². The molecule has 1 amide bonds. The predicted octanol–water partition coefficient (Wildman–Crippen LogP) is 4.51. The Hall–Kier alpha value is -2.29. The Morgan fingerprint density at radius 1 is 1.04 bits per heavy atom. The van der Waals surface area contributed by atoms with E-state index in [1.807, 2.05) is 32.0 Å². The van der Waals surface area contributed by atoms with Crippen LogP contribution in [-0.2, 0) is 11.2 Å². The average molecular weight is 325 g/mol. The summed E-state index contributed by atoms with van der Waals surface area (Å²) in [6.07, 6.45) is 0.478. The van der Waals surface area contributed by atoms with E-state index >= 15 is 0 Å². The largest absolute Gasteiger partial charge is 0.481 e. The van der Waals surface area contributed by atoms with Gasteiger partial charge in [0.15, 0.2) is 6.10 Å². The summed E-state index contributed by atoms with van der Waals surface area (Å²) in [5.41, 5.74) is 4.76. The number of amides is 1. The molecular formula is C21H27NO2. The lowest BCUT2D eigenvalue weighted by Gasteiger charge is -2.19. The molecule has 1 N–H and O–H groups in total. The van der Waals surface area contributed by atoms with Crippen LogP contribution in [0.1, 0.15) is 49.1 Å². The fraction of sp³-hybridized carbons (Fsp3) is 0.381. The molecule has 0 aliphatic carbocycles. The first kappa shape index (κ1) is 18.1. The van der Waals surface area contributed by atoms with Crippen molar-refractivity contribution in [1.82, 2.24) is 5.32 Å². The van der Waals surface area contributed by atoms with E-state index in [0.29, 0.717) is 0 Å². The number of hydrogen-bond donors (Lipinski definition) is 1. The van der Waals surface area contributed by atoms with E-state index in [2.05, 4.69) is 43.4 Å². The number of carbonyl (C=O) groups is 1. The maximum Gasteiger partial charge on any atom is 0.261 e. The number of aryl methyl sites for hydroxylation is 3. The first-order valence-electron chi connectivity index (χ1n) is 8.53. The predicted molar refractivity (Wildman–Crippen MR) is 98.4 cm³/mol. The van der Waals surface area contributed by atoms with Gasteiger partial charge in [-0.2, -0.15) is 0 Å². The van der Waals surface area contributed by atoms with Crippen LogP contribution in [0, 0.1) is 13.8 Å². The standard InChI is InChI=1S/C21H27NO2/c1-6-18-8-10-19(11-9-18)16(4)22-21(23)17(5)24-20-12-7-14(2)15(3)13-20/h7-13,16-17H,6H2,1-5H3,(H,22,23). The van der Waals surface area contributed by atoms with Crippen molar-refractivity contribution in [3.8, 4) is 5.75 Å². The molecule has 0 radical (unpaired) electrons. The molecular weight excluding hydrogens is 298 g/mol. The summed E-state index contributed by atoms with van der Waals surface area (Å²) < 4.78 is 5.77. The molecule has 0 fully saturated rings. The Bertz CT molecular complexity index is 691. The second kappa shape index (κ2) is 8.00. The zero-order chi connectivity index (χ0) is 17.7. The van der Waals surface area contributed by atoms with Crippen LogP contribution in [0.4, 0.5) is 0 Å². The van der Waals surface area contributed by atoms with E-state index in [4.69, 9.17) is 4.74 Å². The lowest BCUT2D eigenvalue weighted by atomic mass is 10.0. The Balaban J connectivity index is 1.95. The van der Waals surface area contributed by atoms with Crippen molar-refractivity contribution in [2.24, 2.45) is 0 Å². The van der Waals surface area contributed by atoms with Crippen molar-refractivity contribution in [1.29, 1.82) is 0 Å². The van der Waals surface area contributed by atoms with Gasteiger partial charge in [0.1, 0.15) is 5.75 Å². The van der Waals surface area contributed by atoms with Crippen molar-refractivity contribution in [3.05, 3.63) is 64.7 Å². The number of benzene rings is 2.